The zero-order chi connectivity index (χ0) is 14.8. The van der Waals surface area contributed by atoms with Gasteiger partial charge in [0.1, 0.15) is 11.9 Å². The highest BCUT2D eigenvalue weighted by molar-refractivity contribution is 6.33. The summed E-state index contributed by atoms with van der Waals surface area (Å²) in [6.45, 7) is 0. The molecular formula is C17H13ClFNO. The first-order valence-corrected chi connectivity index (χ1v) is 6.89. The van der Waals surface area contributed by atoms with E-state index in [0.717, 1.165) is 11.1 Å². The van der Waals surface area contributed by atoms with Crippen molar-refractivity contribution < 1.29 is 9.50 Å². The van der Waals surface area contributed by atoms with E-state index in [1.54, 1.807) is 30.6 Å². The highest BCUT2D eigenvalue weighted by Gasteiger charge is 2.18. The first-order chi connectivity index (χ1) is 10.2. The van der Waals surface area contributed by atoms with Crippen molar-refractivity contribution in [2.75, 3.05) is 0 Å². The quantitative estimate of drug-likeness (QED) is 0.731. The molecule has 0 bridgehead atoms. The van der Waals surface area contributed by atoms with Gasteiger partial charge in [-0.05, 0) is 23.8 Å². The topological polar surface area (TPSA) is 36.0 Å². The van der Waals surface area contributed by atoms with Gasteiger partial charge < -0.3 is 10.1 Å². The lowest BCUT2D eigenvalue weighted by molar-refractivity contribution is 0.221. The number of nitrogens with one attached hydrogen (secondary N) is 1. The van der Waals surface area contributed by atoms with E-state index in [0.29, 0.717) is 16.1 Å². The van der Waals surface area contributed by atoms with Gasteiger partial charge in [0, 0.05) is 34.1 Å². The molecule has 0 saturated heterocycles. The summed E-state index contributed by atoms with van der Waals surface area (Å²) in [4.78, 5) is 2.99. The maximum atomic E-state index is 13.0. The Kier molecular flexibility index (Phi) is 3.78. The molecule has 0 spiro atoms. The minimum atomic E-state index is -0.844. The van der Waals surface area contributed by atoms with E-state index >= 15 is 0 Å². The average Bonchev–Trinajstić information content (AvgIpc) is 2.97. The Morgan fingerprint density at radius 2 is 1.67 bits per heavy atom. The van der Waals surface area contributed by atoms with Gasteiger partial charge in [0.15, 0.2) is 0 Å². The van der Waals surface area contributed by atoms with Crippen molar-refractivity contribution in [2.45, 2.75) is 6.10 Å². The lowest BCUT2D eigenvalue weighted by atomic mass is 9.97. The average molecular weight is 302 g/mol. The predicted molar refractivity (Wildman–Crippen MR) is 81.7 cm³/mol. The van der Waals surface area contributed by atoms with E-state index in [-0.39, 0.29) is 5.82 Å². The van der Waals surface area contributed by atoms with Gasteiger partial charge in [-0.2, -0.15) is 0 Å². The molecule has 106 valence electrons. The van der Waals surface area contributed by atoms with Gasteiger partial charge in [-0.3, -0.25) is 0 Å². The van der Waals surface area contributed by atoms with Gasteiger partial charge in [-0.25, -0.2) is 4.39 Å². The van der Waals surface area contributed by atoms with E-state index in [2.05, 4.69) is 4.98 Å². The number of rotatable bonds is 3. The second-order valence-electron chi connectivity index (χ2n) is 4.76. The molecular weight excluding hydrogens is 289 g/mol. The summed E-state index contributed by atoms with van der Waals surface area (Å²) < 4.78 is 13.0. The van der Waals surface area contributed by atoms with Gasteiger partial charge in [-0.15, -0.1) is 0 Å². The zero-order valence-electron chi connectivity index (χ0n) is 11.1. The Morgan fingerprint density at radius 1 is 0.952 bits per heavy atom. The van der Waals surface area contributed by atoms with E-state index < -0.39 is 6.10 Å². The molecule has 21 heavy (non-hydrogen) atoms. The van der Waals surface area contributed by atoms with Gasteiger partial charge in [0.25, 0.3) is 0 Å². The van der Waals surface area contributed by atoms with Crippen molar-refractivity contribution >= 4 is 11.6 Å². The van der Waals surface area contributed by atoms with E-state index in [1.165, 1.54) is 12.1 Å². The Labute approximate surface area is 126 Å². The number of hydrogen-bond donors (Lipinski definition) is 2. The Hall–Kier alpha value is -2.10. The van der Waals surface area contributed by atoms with Crippen molar-refractivity contribution in [1.29, 1.82) is 0 Å². The number of benzene rings is 2. The molecule has 0 saturated carbocycles. The van der Waals surface area contributed by atoms with E-state index in [4.69, 9.17) is 11.6 Å². The third-order valence-corrected chi connectivity index (χ3v) is 3.75. The van der Waals surface area contributed by atoms with Crippen LogP contribution in [0.25, 0.3) is 11.1 Å². The van der Waals surface area contributed by atoms with Crippen molar-refractivity contribution in [2.24, 2.45) is 0 Å². The normalized spacial score (nSPS) is 12.3. The fraction of sp³-hybridized carbons (Fsp3) is 0.0588. The number of halogens is 2. The number of aliphatic hydroxyl groups is 1. The summed E-state index contributed by atoms with van der Waals surface area (Å²) in [6, 6.07) is 13.3. The maximum Gasteiger partial charge on any atom is 0.123 e. The van der Waals surface area contributed by atoms with Crippen LogP contribution in [0.4, 0.5) is 4.39 Å². The summed E-state index contributed by atoms with van der Waals surface area (Å²) in [6.07, 6.45) is 2.68. The van der Waals surface area contributed by atoms with E-state index in [9.17, 15) is 9.50 Å². The van der Waals surface area contributed by atoms with Crippen LogP contribution in [0.2, 0.25) is 5.02 Å². The third-order valence-electron chi connectivity index (χ3n) is 3.42. The summed E-state index contributed by atoms with van der Waals surface area (Å²) in [5, 5.41) is 11.1. The molecule has 3 rings (SSSR count). The monoisotopic (exact) mass is 301 g/mol. The minimum absolute atomic E-state index is 0.327. The van der Waals surface area contributed by atoms with Gasteiger partial charge in [0.2, 0.25) is 0 Å². The number of aliphatic hydroxyl groups excluding tert-OH is 1. The first kappa shape index (κ1) is 13.9. The first-order valence-electron chi connectivity index (χ1n) is 6.52. The molecule has 2 N–H and O–H groups in total. The standard InChI is InChI=1S/C17H13ClFNO/c18-16-4-2-1-3-13(16)14-9-20-10-15(14)17(21)11-5-7-12(19)8-6-11/h1-10,17,20-21H/t17-/m1/s1. The van der Waals surface area contributed by atoms with Crippen molar-refractivity contribution in [3.8, 4) is 11.1 Å². The SMILES string of the molecule is O[C@H](c1ccc(F)cc1)c1c[nH]cc1-c1ccccc1Cl. The molecule has 0 aliphatic heterocycles. The molecule has 0 aliphatic rings. The molecule has 0 amide bonds. The summed E-state index contributed by atoms with van der Waals surface area (Å²) in [7, 11) is 0. The Bertz CT molecular complexity index is 751. The van der Waals surface area contributed by atoms with Crippen LogP contribution < -0.4 is 0 Å². The second kappa shape index (κ2) is 5.72. The van der Waals surface area contributed by atoms with Crippen LogP contribution in [0.1, 0.15) is 17.2 Å². The molecule has 1 heterocycles. The highest BCUT2D eigenvalue weighted by Crippen LogP contribution is 2.35. The minimum Gasteiger partial charge on any atom is -0.384 e. The number of aromatic nitrogens is 1. The number of hydrogen-bond acceptors (Lipinski definition) is 1. The fourth-order valence-electron chi connectivity index (χ4n) is 2.34. The molecule has 0 unspecified atom stereocenters. The summed E-state index contributed by atoms with van der Waals surface area (Å²) in [5.41, 5.74) is 3.01. The van der Waals surface area contributed by atoms with Crippen LogP contribution >= 0.6 is 11.6 Å². The lowest BCUT2D eigenvalue weighted by Crippen LogP contribution is -2.00. The van der Waals surface area contributed by atoms with E-state index in [1.807, 2.05) is 18.2 Å². The predicted octanol–water partition coefficient (Wildman–Crippen LogP) is 4.56. The van der Waals surface area contributed by atoms with Crippen LogP contribution in [0.5, 0.6) is 0 Å². The molecule has 1 aromatic heterocycles. The lowest BCUT2D eigenvalue weighted by Gasteiger charge is -2.13. The van der Waals surface area contributed by atoms with Crippen LogP contribution in [-0.4, -0.2) is 10.1 Å². The van der Waals surface area contributed by atoms with Crippen molar-refractivity contribution in [3.63, 3.8) is 0 Å². The maximum absolute atomic E-state index is 13.0. The van der Waals surface area contributed by atoms with Gasteiger partial charge in [-0.1, -0.05) is 41.9 Å². The molecule has 4 heteroatoms. The van der Waals surface area contributed by atoms with Crippen LogP contribution in [-0.2, 0) is 0 Å². The summed E-state index contributed by atoms with van der Waals surface area (Å²) >= 11 is 6.21. The van der Waals surface area contributed by atoms with Gasteiger partial charge >= 0.3 is 0 Å². The fourth-order valence-corrected chi connectivity index (χ4v) is 2.58. The van der Waals surface area contributed by atoms with Crippen LogP contribution in [0.15, 0.2) is 60.9 Å². The van der Waals surface area contributed by atoms with Crippen molar-refractivity contribution in [3.05, 3.63) is 82.9 Å². The molecule has 3 aromatic rings. The molecule has 0 aliphatic carbocycles. The summed E-state index contributed by atoms with van der Waals surface area (Å²) in [5.74, 6) is -0.327. The van der Waals surface area contributed by atoms with Gasteiger partial charge in [0.05, 0.1) is 0 Å². The van der Waals surface area contributed by atoms with Crippen LogP contribution in [0.3, 0.4) is 0 Å². The number of H-pyrrole nitrogens is 1. The molecule has 2 nitrogen and oxygen atoms in total. The second-order valence-corrected chi connectivity index (χ2v) is 5.17. The molecule has 0 radical (unpaired) electrons. The molecule has 1 atom stereocenters. The third kappa shape index (κ3) is 2.71. The van der Waals surface area contributed by atoms with Crippen LogP contribution in [0, 0.1) is 5.82 Å². The molecule has 2 aromatic carbocycles. The smallest absolute Gasteiger partial charge is 0.123 e. The zero-order valence-corrected chi connectivity index (χ0v) is 11.8. The Morgan fingerprint density at radius 3 is 2.38 bits per heavy atom. The van der Waals surface area contributed by atoms with Crippen molar-refractivity contribution in [1.82, 2.24) is 4.98 Å². The Balaban J connectivity index is 2.03. The number of aromatic amines is 1. The highest BCUT2D eigenvalue weighted by atomic mass is 35.5. The largest absolute Gasteiger partial charge is 0.384 e. The molecule has 0 fully saturated rings.